The highest BCUT2D eigenvalue weighted by atomic mass is 16.6. The predicted octanol–water partition coefficient (Wildman–Crippen LogP) is 3.75. The molecule has 0 radical (unpaired) electrons. The number of aryl methyl sites for hydroxylation is 1. The molecular formula is C20H23N3O3. The summed E-state index contributed by atoms with van der Waals surface area (Å²) in [4.78, 5) is 25.2. The summed E-state index contributed by atoms with van der Waals surface area (Å²) in [6, 6.07) is 14.4. The van der Waals surface area contributed by atoms with Crippen molar-refractivity contribution in [3.63, 3.8) is 0 Å². The molecule has 26 heavy (non-hydrogen) atoms. The number of piperidine rings is 1. The number of hydrogen-bond acceptors (Lipinski definition) is 4. The van der Waals surface area contributed by atoms with Crippen molar-refractivity contribution >= 4 is 17.3 Å². The topological polar surface area (TPSA) is 75.5 Å². The second-order valence-electron chi connectivity index (χ2n) is 6.77. The Morgan fingerprint density at radius 1 is 1.19 bits per heavy atom. The highest BCUT2D eigenvalue weighted by molar-refractivity contribution is 5.92. The van der Waals surface area contributed by atoms with Gasteiger partial charge in [-0.15, -0.1) is 0 Å². The van der Waals surface area contributed by atoms with Gasteiger partial charge in [0.2, 0.25) is 5.91 Å². The fraction of sp³-hybridized carbons (Fsp3) is 0.350. The molecule has 0 bridgehead atoms. The molecule has 0 spiro atoms. The van der Waals surface area contributed by atoms with Crippen LogP contribution >= 0.6 is 0 Å². The molecule has 136 valence electrons. The lowest BCUT2D eigenvalue weighted by Gasteiger charge is -2.31. The molecule has 1 aliphatic rings. The first-order valence-corrected chi connectivity index (χ1v) is 8.85. The Morgan fingerprint density at radius 3 is 2.62 bits per heavy atom. The minimum atomic E-state index is -0.459. The van der Waals surface area contributed by atoms with Crippen molar-refractivity contribution in [2.24, 2.45) is 5.92 Å². The van der Waals surface area contributed by atoms with Crippen molar-refractivity contribution in [3.05, 3.63) is 69.8 Å². The maximum atomic E-state index is 12.5. The zero-order valence-electron chi connectivity index (χ0n) is 14.9. The molecule has 6 nitrogen and oxygen atoms in total. The highest BCUT2D eigenvalue weighted by Crippen LogP contribution is 2.23. The van der Waals surface area contributed by atoms with Crippen LogP contribution < -0.4 is 5.32 Å². The Kier molecular flexibility index (Phi) is 5.63. The number of carbonyl (C=O) groups is 1. The Balaban J connectivity index is 1.53. The van der Waals surface area contributed by atoms with Crippen molar-refractivity contribution in [3.8, 4) is 0 Å². The molecule has 0 atom stereocenters. The van der Waals surface area contributed by atoms with Gasteiger partial charge in [-0.2, -0.15) is 0 Å². The van der Waals surface area contributed by atoms with E-state index in [0.717, 1.165) is 32.5 Å². The molecule has 1 aliphatic heterocycles. The van der Waals surface area contributed by atoms with Gasteiger partial charge < -0.3 is 5.32 Å². The fourth-order valence-electron chi connectivity index (χ4n) is 3.32. The second-order valence-corrected chi connectivity index (χ2v) is 6.77. The molecule has 1 fully saturated rings. The number of rotatable bonds is 5. The van der Waals surface area contributed by atoms with Crippen LogP contribution in [0.2, 0.25) is 0 Å². The molecule has 6 heteroatoms. The molecular weight excluding hydrogens is 330 g/mol. The zero-order valence-corrected chi connectivity index (χ0v) is 14.9. The van der Waals surface area contributed by atoms with E-state index in [4.69, 9.17) is 0 Å². The first-order chi connectivity index (χ1) is 12.5. The van der Waals surface area contributed by atoms with Gasteiger partial charge in [0.05, 0.1) is 4.92 Å². The number of anilines is 1. The summed E-state index contributed by atoms with van der Waals surface area (Å²) in [5, 5.41) is 13.7. The van der Waals surface area contributed by atoms with Gasteiger partial charge in [-0.1, -0.05) is 30.3 Å². The number of nitrogens with zero attached hydrogens (tertiary/aromatic N) is 2. The maximum Gasteiger partial charge on any atom is 0.271 e. The van der Waals surface area contributed by atoms with Crippen LogP contribution in [-0.2, 0) is 11.3 Å². The normalized spacial score (nSPS) is 15.6. The first kappa shape index (κ1) is 18.1. The van der Waals surface area contributed by atoms with E-state index in [2.05, 4.69) is 35.3 Å². The molecule has 3 rings (SSSR count). The molecule has 1 heterocycles. The number of benzene rings is 2. The van der Waals surface area contributed by atoms with Crippen molar-refractivity contribution in [1.82, 2.24) is 4.90 Å². The molecule has 1 saturated heterocycles. The second kappa shape index (κ2) is 8.10. The fourth-order valence-corrected chi connectivity index (χ4v) is 3.32. The van der Waals surface area contributed by atoms with Crippen LogP contribution in [0.15, 0.2) is 48.5 Å². The van der Waals surface area contributed by atoms with E-state index >= 15 is 0 Å². The third-order valence-electron chi connectivity index (χ3n) is 4.94. The summed E-state index contributed by atoms with van der Waals surface area (Å²) >= 11 is 0. The average Bonchev–Trinajstić information content (AvgIpc) is 2.64. The summed E-state index contributed by atoms with van der Waals surface area (Å²) in [6.45, 7) is 4.78. The van der Waals surface area contributed by atoms with E-state index in [0.29, 0.717) is 5.69 Å². The standard InChI is InChI=1S/C20H23N3O3/c1-15-5-2-3-6-17(15)14-22-11-9-16(10-12-22)20(24)21-18-7-4-8-19(13-18)23(25)26/h2-8,13,16H,9-12,14H2,1H3,(H,21,24). The molecule has 1 N–H and O–H groups in total. The molecule has 0 unspecified atom stereocenters. The summed E-state index contributed by atoms with van der Waals surface area (Å²) in [5.74, 6) is -0.108. The molecule has 2 aromatic rings. The summed E-state index contributed by atoms with van der Waals surface area (Å²) in [7, 11) is 0. The molecule has 0 aliphatic carbocycles. The van der Waals surface area contributed by atoms with Crippen LogP contribution in [-0.4, -0.2) is 28.8 Å². The van der Waals surface area contributed by atoms with E-state index < -0.39 is 4.92 Å². The lowest BCUT2D eigenvalue weighted by molar-refractivity contribution is -0.384. The largest absolute Gasteiger partial charge is 0.326 e. The van der Waals surface area contributed by atoms with Crippen LogP contribution in [0, 0.1) is 23.0 Å². The minimum Gasteiger partial charge on any atom is -0.326 e. The Labute approximate surface area is 153 Å². The Bertz CT molecular complexity index is 798. The van der Waals surface area contributed by atoms with Gasteiger partial charge in [-0.3, -0.25) is 19.8 Å². The van der Waals surface area contributed by atoms with E-state index in [9.17, 15) is 14.9 Å². The summed E-state index contributed by atoms with van der Waals surface area (Å²) in [5.41, 5.74) is 3.08. The Hall–Kier alpha value is -2.73. The number of non-ortho nitro benzene ring substituents is 1. The van der Waals surface area contributed by atoms with Crippen LogP contribution in [0.3, 0.4) is 0 Å². The van der Waals surface area contributed by atoms with Gasteiger partial charge in [0.15, 0.2) is 0 Å². The monoisotopic (exact) mass is 353 g/mol. The third-order valence-corrected chi connectivity index (χ3v) is 4.94. The summed E-state index contributed by atoms with van der Waals surface area (Å²) < 4.78 is 0. The van der Waals surface area contributed by atoms with Crippen LogP contribution in [0.4, 0.5) is 11.4 Å². The number of nitro benzene ring substituents is 1. The molecule has 0 saturated carbocycles. The van der Waals surface area contributed by atoms with Crippen LogP contribution in [0.5, 0.6) is 0 Å². The van der Waals surface area contributed by atoms with Crippen LogP contribution in [0.25, 0.3) is 0 Å². The van der Waals surface area contributed by atoms with Crippen molar-refractivity contribution in [2.45, 2.75) is 26.3 Å². The van der Waals surface area contributed by atoms with Gasteiger partial charge in [0.1, 0.15) is 0 Å². The first-order valence-electron chi connectivity index (χ1n) is 8.85. The van der Waals surface area contributed by atoms with Crippen molar-refractivity contribution in [1.29, 1.82) is 0 Å². The molecule has 1 amide bonds. The quantitative estimate of drug-likeness (QED) is 0.656. The highest BCUT2D eigenvalue weighted by Gasteiger charge is 2.25. The van der Waals surface area contributed by atoms with E-state index in [1.54, 1.807) is 12.1 Å². The molecule has 2 aromatic carbocycles. The number of likely N-dealkylation sites (tertiary alicyclic amines) is 1. The van der Waals surface area contributed by atoms with Crippen molar-refractivity contribution < 1.29 is 9.72 Å². The van der Waals surface area contributed by atoms with E-state index in [1.165, 1.54) is 23.3 Å². The average molecular weight is 353 g/mol. The predicted molar refractivity (Wildman–Crippen MR) is 101 cm³/mol. The van der Waals surface area contributed by atoms with E-state index in [1.807, 2.05) is 6.07 Å². The Morgan fingerprint density at radius 2 is 1.92 bits per heavy atom. The SMILES string of the molecule is Cc1ccccc1CN1CCC(C(=O)Nc2cccc([N+](=O)[O-])c2)CC1. The minimum absolute atomic E-state index is 0.0177. The van der Waals surface area contributed by atoms with Gasteiger partial charge in [-0.05, 0) is 50.0 Å². The lowest BCUT2D eigenvalue weighted by Crippen LogP contribution is -2.37. The van der Waals surface area contributed by atoms with Crippen LogP contribution in [0.1, 0.15) is 24.0 Å². The zero-order chi connectivity index (χ0) is 18.5. The maximum absolute atomic E-state index is 12.5. The smallest absolute Gasteiger partial charge is 0.271 e. The van der Waals surface area contributed by atoms with Gasteiger partial charge in [0.25, 0.3) is 5.69 Å². The van der Waals surface area contributed by atoms with Gasteiger partial charge >= 0.3 is 0 Å². The molecule has 0 aromatic heterocycles. The number of amides is 1. The van der Waals surface area contributed by atoms with Gasteiger partial charge in [0, 0.05) is 30.3 Å². The van der Waals surface area contributed by atoms with Crippen molar-refractivity contribution in [2.75, 3.05) is 18.4 Å². The number of nitro groups is 1. The number of hydrogen-bond donors (Lipinski definition) is 1. The number of nitrogens with one attached hydrogen (secondary N) is 1. The number of carbonyl (C=O) groups excluding carboxylic acids is 1. The van der Waals surface area contributed by atoms with Gasteiger partial charge in [-0.25, -0.2) is 0 Å². The van der Waals surface area contributed by atoms with E-state index in [-0.39, 0.29) is 17.5 Å². The third kappa shape index (κ3) is 4.46. The lowest BCUT2D eigenvalue weighted by atomic mass is 9.95. The summed E-state index contributed by atoms with van der Waals surface area (Å²) in [6.07, 6.45) is 1.60.